The standard InChI is InChI=1S/C13H11FN2O/c1-16(12-6-8-15-9-7-12)13(17)10-2-4-11(14)5-3-10/h2-9H,1H3. The number of rotatable bonds is 2. The Hall–Kier alpha value is -2.23. The van der Waals surface area contributed by atoms with Crippen molar-refractivity contribution >= 4 is 11.6 Å². The number of benzene rings is 1. The van der Waals surface area contributed by atoms with Gasteiger partial charge in [-0.1, -0.05) is 0 Å². The lowest BCUT2D eigenvalue weighted by Crippen LogP contribution is -2.26. The predicted octanol–water partition coefficient (Wildman–Crippen LogP) is 2.50. The molecule has 1 aromatic heterocycles. The normalized spacial score (nSPS) is 10.0. The van der Waals surface area contributed by atoms with Crippen LogP contribution >= 0.6 is 0 Å². The number of pyridine rings is 1. The molecule has 4 heteroatoms. The maximum Gasteiger partial charge on any atom is 0.258 e. The first-order valence-electron chi connectivity index (χ1n) is 5.12. The molecule has 0 spiro atoms. The lowest BCUT2D eigenvalue weighted by atomic mass is 10.2. The van der Waals surface area contributed by atoms with Crippen LogP contribution in [0.4, 0.5) is 10.1 Å². The zero-order valence-electron chi connectivity index (χ0n) is 9.30. The smallest absolute Gasteiger partial charge is 0.258 e. The van der Waals surface area contributed by atoms with Gasteiger partial charge in [0.1, 0.15) is 5.82 Å². The third kappa shape index (κ3) is 2.47. The lowest BCUT2D eigenvalue weighted by Gasteiger charge is -2.16. The molecular weight excluding hydrogens is 219 g/mol. The van der Waals surface area contributed by atoms with Gasteiger partial charge < -0.3 is 4.90 Å². The van der Waals surface area contributed by atoms with Crippen LogP contribution < -0.4 is 4.90 Å². The van der Waals surface area contributed by atoms with Gasteiger partial charge in [-0.2, -0.15) is 0 Å². The van der Waals surface area contributed by atoms with Crippen molar-refractivity contribution in [3.05, 3.63) is 60.2 Å². The second-order valence-corrected chi connectivity index (χ2v) is 3.58. The summed E-state index contributed by atoms with van der Waals surface area (Å²) in [7, 11) is 1.67. The van der Waals surface area contributed by atoms with Gasteiger partial charge in [-0.25, -0.2) is 4.39 Å². The van der Waals surface area contributed by atoms with Gasteiger partial charge in [0.15, 0.2) is 0 Å². The average Bonchev–Trinajstić information content (AvgIpc) is 2.39. The quantitative estimate of drug-likeness (QED) is 0.794. The molecule has 0 N–H and O–H groups in total. The molecule has 3 nitrogen and oxygen atoms in total. The minimum Gasteiger partial charge on any atom is -0.311 e. The highest BCUT2D eigenvalue weighted by molar-refractivity contribution is 6.05. The van der Waals surface area contributed by atoms with Crippen LogP contribution in [-0.4, -0.2) is 17.9 Å². The van der Waals surface area contributed by atoms with E-state index in [0.29, 0.717) is 5.56 Å². The number of nitrogens with zero attached hydrogens (tertiary/aromatic N) is 2. The van der Waals surface area contributed by atoms with E-state index in [1.54, 1.807) is 31.6 Å². The summed E-state index contributed by atoms with van der Waals surface area (Å²) < 4.78 is 12.7. The fraction of sp³-hybridized carbons (Fsp3) is 0.0769. The van der Waals surface area contributed by atoms with Crippen molar-refractivity contribution in [1.82, 2.24) is 4.98 Å². The molecule has 0 aliphatic heterocycles. The third-order valence-electron chi connectivity index (χ3n) is 2.45. The van der Waals surface area contributed by atoms with Crippen molar-refractivity contribution < 1.29 is 9.18 Å². The van der Waals surface area contributed by atoms with E-state index < -0.39 is 0 Å². The van der Waals surface area contributed by atoms with E-state index in [9.17, 15) is 9.18 Å². The summed E-state index contributed by atoms with van der Waals surface area (Å²) >= 11 is 0. The molecule has 2 aromatic rings. The Labute approximate surface area is 98.5 Å². The Balaban J connectivity index is 2.23. The predicted molar refractivity (Wildman–Crippen MR) is 63.4 cm³/mol. The number of hydrogen-bond acceptors (Lipinski definition) is 2. The SMILES string of the molecule is CN(C(=O)c1ccc(F)cc1)c1ccncc1. The summed E-state index contributed by atoms with van der Waals surface area (Å²) in [4.78, 5) is 17.4. The molecule has 0 aliphatic rings. The molecule has 17 heavy (non-hydrogen) atoms. The molecule has 2 rings (SSSR count). The highest BCUT2D eigenvalue weighted by atomic mass is 19.1. The van der Waals surface area contributed by atoms with Gasteiger partial charge in [0.2, 0.25) is 0 Å². The van der Waals surface area contributed by atoms with Crippen molar-refractivity contribution in [3.8, 4) is 0 Å². The molecule has 0 radical (unpaired) electrons. The molecule has 0 aliphatic carbocycles. The summed E-state index contributed by atoms with van der Waals surface area (Å²) in [6.45, 7) is 0. The molecule has 0 bridgehead atoms. The van der Waals surface area contributed by atoms with Crippen LogP contribution in [-0.2, 0) is 0 Å². The maximum absolute atomic E-state index is 12.7. The van der Waals surface area contributed by atoms with E-state index in [0.717, 1.165) is 5.69 Å². The first kappa shape index (κ1) is 11.3. The highest BCUT2D eigenvalue weighted by Gasteiger charge is 2.12. The zero-order chi connectivity index (χ0) is 12.3. The molecule has 0 unspecified atom stereocenters. The maximum atomic E-state index is 12.7. The van der Waals surface area contributed by atoms with Gasteiger partial charge >= 0.3 is 0 Å². The van der Waals surface area contributed by atoms with Crippen LogP contribution in [0.3, 0.4) is 0 Å². The summed E-state index contributed by atoms with van der Waals surface area (Å²) in [5.74, 6) is -0.538. The van der Waals surface area contributed by atoms with Gasteiger partial charge in [0.05, 0.1) is 0 Å². The Kier molecular flexibility index (Phi) is 3.14. The number of carbonyl (C=O) groups excluding carboxylic acids is 1. The third-order valence-corrected chi connectivity index (χ3v) is 2.45. The van der Waals surface area contributed by atoms with E-state index in [1.807, 2.05) is 0 Å². The number of hydrogen-bond donors (Lipinski definition) is 0. The topological polar surface area (TPSA) is 33.2 Å². The van der Waals surface area contributed by atoms with E-state index in [2.05, 4.69) is 4.98 Å². The number of aromatic nitrogens is 1. The van der Waals surface area contributed by atoms with E-state index in [1.165, 1.54) is 29.2 Å². The zero-order valence-corrected chi connectivity index (χ0v) is 9.30. The molecule has 1 heterocycles. The summed E-state index contributed by atoms with van der Waals surface area (Å²) in [6.07, 6.45) is 3.23. The van der Waals surface area contributed by atoms with Crippen molar-refractivity contribution in [2.24, 2.45) is 0 Å². The van der Waals surface area contributed by atoms with Gasteiger partial charge in [-0.3, -0.25) is 9.78 Å². The summed E-state index contributed by atoms with van der Waals surface area (Å²) in [5.41, 5.74) is 1.19. The molecule has 1 aromatic carbocycles. The number of anilines is 1. The fourth-order valence-corrected chi connectivity index (χ4v) is 1.47. The number of halogens is 1. The van der Waals surface area contributed by atoms with Gasteiger partial charge in [0.25, 0.3) is 5.91 Å². The van der Waals surface area contributed by atoms with Crippen molar-refractivity contribution in [1.29, 1.82) is 0 Å². The first-order valence-corrected chi connectivity index (χ1v) is 5.12. The van der Waals surface area contributed by atoms with Crippen molar-refractivity contribution in [3.63, 3.8) is 0 Å². The Morgan fingerprint density at radius 3 is 2.29 bits per heavy atom. The largest absolute Gasteiger partial charge is 0.311 e. The van der Waals surface area contributed by atoms with Crippen molar-refractivity contribution in [2.45, 2.75) is 0 Å². The summed E-state index contributed by atoms with van der Waals surface area (Å²) in [5, 5.41) is 0. The second-order valence-electron chi connectivity index (χ2n) is 3.58. The van der Waals surface area contributed by atoms with Crippen LogP contribution in [0.1, 0.15) is 10.4 Å². The molecule has 0 fully saturated rings. The average molecular weight is 230 g/mol. The molecule has 0 saturated heterocycles. The molecule has 0 saturated carbocycles. The van der Waals surface area contributed by atoms with Gasteiger partial charge in [0, 0.05) is 30.7 Å². The van der Waals surface area contributed by atoms with E-state index >= 15 is 0 Å². The molecular formula is C13H11FN2O. The molecule has 0 atom stereocenters. The van der Waals surface area contributed by atoms with Crippen LogP contribution in [0.5, 0.6) is 0 Å². The Morgan fingerprint density at radius 1 is 1.12 bits per heavy atom. The van der Waals surface area contributed by atoms with Gasteiger partial charge in [-0.05, 0) is 36.4 Å². The van der Waals surface area contributed by atoms with Crippen molar-refractivity contribution in [2.75, 3.05) is 11.9 Å². The summed E-state index contributed by atoms with van der Waals surface area (Å²) in [6, 6.07) is 8.95. The number of carbonyl (C=O) groups is 1. The first-order chi connectivity index (χ1) is 8.18. The van der Waals surface area contributed by atoms with Crippen LogP contribution in [0.25, 0.3) is 0 Å². The van der Waals surface area contributed by atoms with Gasteiger partial charge in [-0.15, -0.1) is 0 Å². The molecule has 86 valence electrons. The molecule has 1 amide bonds. The van der Waals surface area contributed by atoms with E-state index in [-0.39, 0.29) is 11.7 Å². The van der Waals surface area contributed by atoms with E-state index in [4.69, 9.17) is 0 Å². The Morgan fingerprint density at radius 2 is 1.71 bits per heavy atom. The monoisotopic (exact) mass is 230 g/mol. The number of amides is 1. The van der Waals surface area contributed by atoms with Crippen LogP contribution in [0, 0.1) is 5.82 Å². The fourth-order valence-electron chi connectivity index (χ4n) is 1.47. The Bertz CT molecular complexity index is 511. The second kappa shape index (κ2) is 4.74. The highest BCUT2D eigenvalue weighted by Crippen LogP contribution is 2.14. The van der Waals surface area contributed by atoms with Crippen LogP contribution in [0.2, 0.25) is 0 Å². The van der Waals surface area contributed by atoms with Crippen LogP contribution in [0.15, 0.2) is 48.8 Å². The minimum absolute atomic E-state index is 0.184. The minimum atomic E-state index is -0.354. The lowest BCUT2D eigenvalue weighted by molar-refractivity contribution is 0.0993.